The number of nitrogens with zero attached hydrogens (tertiary/aromatic N) is 2. The van der Waals surface area contributed by atoms with Gasteiger partial charge in [-0.15, -0.1) is 0 Å². The molecular formula is C15H25N3O3. The number of likely N-dealkylation sites (tertiary alicyclic amines) is 2. The van der Waals surface area contributed by atoms with Crippen LogP contribution in [0.2, 0.25) is 0 Å². The molecular weight excluding hydrogens is 270 g/mol. The number of carbonyl (C=O) groups is 2. The largest absolute Gasteiger partial charge is 0.481 e. The van der Waals surface area contributed by atoms with Crippen molar-refractivity contribution in [2.45, 2.75) is 50.6 Å². The Morgan fingerprint density at radius 3 is 2.48 bits per heavy atom. The van der Waals surface area contributed by atoms with E-state index in [9.17, 15) is 9.59 Å². The van der Waals surface area contributed by atoms with E-state index in [0.717, 1.165) is 45.4 Å². The Hall–Kier alpha value is -1.30. The normalized spacial score (nSPS) is 27.8. The van der Waals surface area contributed by atoms with Gasteiger partial charge in [0.1, 0.15) is 0 Å². The highest BCUT2D eigenvalue weighted by molar-refractivity contribution is 5.76. The van der Waals surface area contributed by atoms with Crippen LogP contribution < -0.4 is 5.32 Å². The second kappa shape index (κ2) is 6.22. The van der Waals surface area contributed by atoms with E-state index in [1.54, 1.807) is 0 Å². The van der Waals surface area contributed by atoms with Crippen molar-refractivity contribution in [1.82, 2.24) is 15.1 Å². The Bertz CT molecular complexity index is 405. The summed E-state index contributed by atoms with van der Waals surface area (Å²) >= 11 is 0. The Morgan fingerprint density at radius 1 is 1.14 bits per heavy atom. The second-order valence-corrected chi connectivity index (χ2v) is 6.62. The Kier molecular flexibility index (Phi) is 4.33. The number of carbonyl (C=O) groups excluding carboxylic acids is 1. The molecule has 6 nitrogen and oxygen atoms in total. The van der Waals surface area contributed by atoms with E-state index in [-0.39, 0.29) is 18.5 Å². The van der Waals surface area contributed by atoms with Crippen LogP contribution in [0.4, 0.5) is 4.79 Å². The number of hydrogen-bond acceptors (Lipinski definition) is 3. The highest BCUT2D eigenvalue weighted by Gasteiger charge is 2.36. The van der Waals surface area contributed by atoms with E-state index in [2.05, 4.69) is 10.2 Å². The third-order valence-corrected chi connectivity index (χ3v) is 5.00. The highest BCUT2D eigenvalue weighted by Crippen LogP contribution is 2.34. The van der Waals surface area contributed by atoms with Crippen molar-refractivity contribution >= 4 is 12.0 Å². The van der Waals surface area contributed by atoms with Crippen LogP contribution in [0, 0.1) is 5.92 Å². The first-order valence-electron chi connectivity index (χ1n) is 8.15. The standard InChI is InChI=1S/C15H25N3O3/c19-14(20)9-13(11-3-4-11)16-15(21)18-8-5-12(10-18)17-6-1-2-7-17/h11-13H,1-10H2,(H,16,21)(H,19,20). The lowest BCUT2D eigenvalue weighted by Gasteiger charge is -2.25. The average Bonchev–Trinajstić information content (AvgIpc) is 2.95. The van der Waals surface area contributed by atoms with Crippen molar-refractivity contribution in [3.63, 3.8) is 0 Å². The molecule has 0 spiro atoms. The van der Waals surface area contributed by atoms with Crippen molar-refractivity contribution in [2.24, 2.45) is 5.92 Å². The van der Waals surface area contributed by atoms with Crippen LogP contribution in [0.15, 0.2) is 0 Å². The smallest absolute Gasteiger partial charge is 0.317 e. The number of rotatable bonds is 5. The number of nitrogens with one attached hydrogen (secondary N) is 1. The van der Waals surface area contributed by atoms with Gasteiger partial charge >= 0.3 is 12.0 Å². The van der Waals surface area contributed by atoms with E-state index in [4.69, 9.17) is 5.11 Å². The van der Waals surface area contributed by atoms with Crippen LogP contribution >= 0.6 is 0 Å². The SMILES string of the molecule is O=C(O)CC(NC(=O)N1CCC(N2CCCC2)C1)C1CC1. The minimum atomic E-state index is -0.830. The number of amides is 2. The molecule has 2 heterocycles. The molecule has 1 saturated carbocycles. The molecule has 0 aromatic rings. The predicted molar refractivity (Wildman–Crippen MR) is 78.1 cm³/mol. The van der Waals surface area contributed by atoms with E-state index < -0.39 is 5.97 Å². The van der Waals surface area contributed by atoms with Gasteiger partial charge in [-0.3, -0.25) is 9.69 Å². The minimum Gasteiger partial charge on any atom is -0.481 e. The summed E-state index contributed by atoms with van der Waals surface area (Å²) in [5, 5.41) is 11.9. The molecule has 21 heavy (non-hydrogen) atoms. The van der Waals surface area contributed by atoms with Crippen molar-refractivity contribution in [2.75, 3.05) is 26.2 Å². The molecule has 3 aliphatic rings. The lowest BCUT2D eigenvalue weighted by molar-refractivity contribution is -0.137. The summed E-state index contributed by atoms with van der Waals surface area (Å²) in [7, 11) is 0. The van der Waals surface area contributed by atoms with Gasteiger partial charge in [0.05, 0.1) is 6.42 Å². The zero-order valence-electron chi connectivity index (χ0n) is 12.5. The fourth-order valence-electron chi connectivity index (χ4n) is 3.60. The number of carboxylic acids is 1. The molecule has 0 aromatic heterocycles. The van der Waals surface area contributed by atoms with Gasteiger partial charge in [-0.25, -0.2) is 4.79 Å². The topological polar surface area (TPSA) is 72.9 Å². The summed E-state index contributed by atoms with van der Waals surface area (Å²) in [4.78, 5) is 27.6. The second-order valence-electron chi connectivity index (χ2n) is 6.62. The van der Waals surface area contributed by atoms with Gasteiger partial charge in [-0.1, -0.05) is 0 Å². The lowest BCUT2D eigenvalue weighted by Crippen LogP contribution is -2.46. The molecule has 2 amide bonds. The van der Waals surface area contributed by atoms with Crippen molar-refractivity contribution in [1.29, 1.82) is 0 Å². The maximum absolute atomic E-state index is 12.3. The molecule has 2 unspecified atom stereocenters. The molecule has 3 rings (SSSR count). The maximum Gasteiger partial charge on any atom is 0.317 e. The first kappa shape index (κ1) is 14.6. The zero-order valence-corrected chi connectivity index (χ0v) is 12.5. The van der Waals surface area contributed by atoms with Gasteiger partial charge in [-0.2, -0.15) is 0 Å². The van der Waals surface area contributed by atoms with E-state index in [0.29, 0.717) is 12.0 Å². The van der Waals surface area contributed by atoms with Gasteiger partial charge in [0, 0.05) is 25.2 Å². The minimum absolute atomic E-state index is 0.0415. The Labute approximate surface area is 125 Å². The molecule has 2 aliphatic heterocycles. The van der Waals surface area contributed by atoms with Gasteiger partial charge in [-0.05, 0) is 51.1 Å². The Balaban J connectivity index is 1.49. The molecule has 118 valence electrons. The molecule has 0 bridgehead atoms. The van der Waals surface area contributed by atoms with Crippen LogP contribution in [-0.4, -0.2) is 65.2 Å². The van der Waals surface area contributed by atoms with Gasteiger partial charge in [0.15, 0.2) is 0 Å². The van der Waals surface area contributed by atoms with Crippen LogP contribution in [-0.2, 0) is 4.79 Å². The first-order valence-corrected chi connectivity index (χ1v) is 8.15. The number of hydrogen-bond donors (Lipinski definition) is 2. The van der Waals surface area contributed by atoms with E-state index >= 15 is 0 Å². The summed E-state index contributed by atoms with van der Waals surface area (Å²) < 4.78 is 0. The molecule has 0 aromatic carbocycles. The third-order valence-electron chi connectivity index (χ3n) is 5.00. The summed E-state index contributed by atoms with van der Waals surface area (Å²) in [5.41, 5.74) is 0. The Morgan fingerprint density at radius 2 is 1.86 bits per heavy atom. The third kappa shape index (κ3) is 3.67. The first-order chi connectivity index (χ1) is 10.1. The summed E-state index contributed by atoms with van der Waals surface area (Å²) in [6.45, 7) is 3.89. The van der Waals surface area contributed by atoms with Gasteiger partial charge in [0.25, 0.3) is 0 Å². The fourth-order valence-corrected chi connectivity index (χ4v) is 3.60. The summed E-state index contributed by atoms with van der Waals surface area (Å²) in [6, 6.07) is 0.229. The quantitative estimate of drug-likeness (QED) is 0.797. The summed E-state index contributed by atoms with van der Waals surface area (Å²) in [6.07, 6.45) is 5.69. The molecule has 2 N–H and O–H groups in total. The lowest BCUT2D eigenvalue weighted by atomic mass is 10.1. The van der Waals surface area contributed by atoms with E-state index in [1.165, 1.54) is 12.8 Å². The molecule has 3 fully saturated rings. The van der Waals surface area contributed by atoms with Crippen LogP contribution in [0.5, 0.6) is 0 Å². The number of urea groups is 1. The van der Waals surface area contributed by atoms with Gasteiger partial charge < -0.3 is 15.3 Å². The van der Waals surface area contributed by atoms with Crippen molar-refractivity contribution < 1.29 is 14.7 Å². The molecule has 6 heteroatoms. The predicted octanol–water partition coefficient (Wildman–Crippen LogP) is 1.12. The zero-order chi connectivity index (χ0) is 14.8. The summed E-state index contributed by atoms with van der Waals surface area (Å²) in [5.74, 6) is -0.467. The molecule has 0 radical (unpaired) electrons. The number of carboxylic acid groups (broad SMARTS) is 1. The highest BCUT2D eigenvalue weighted by atomic mass is 16.4. The molecule has 2 saturated heterocycles. The van der Waals surface area contributed by atoms with E-state index in [1.807, 2.05) is 4.90 Å². The average molecular weight is 295 g/mol. The van der Waals surface area contributed by atoms with Crippen LogP contribution in [0.3, 0.4) is 0 Å². The fraction of sp³-hybridized carbons (Fsp3) is 0.867. The van der Waals surface area contributed by atoms with Crippen LogP contribution in [0.1, 0.15) is 38.5 Å². The van der Waals surface area contributed by atoms with Crippen molar-refractivity contribution in [3.8, 4) is 0 Å². The maximum atomic E-state index is 12.3. The van der Waals surface area contributed by atoms with Gasteiger partial charge in [0.2, 0.25) is 0 Å². The number of aliphatic carboxylic acids is 1. The molecule has 2 atom stereocenters. The monoisotopic (exact) mass is 295 g/mol. The van der Waals surface area contributed by atoms with Crippen molar-refractivity contribution in [3.05, 3.63) is 0 Å². The molecule has 1 aliphatic carbocycles. The van der Waals surface area contributed by atoms with Crippen LogP contribution in [0.25, 0.3) is 0 Å².